The molecule has 6 heteroatoms. The quantitative estimate of drug-likeness (QED) is 0.608. The molecule has 0 aliphatic carbocycles. The van der Waals surface area contributed by atoms with E-state index in [-0.39, 0.29) is 16.3 Å². The molecule has 1 heterocycles. The molecule has 0 saturated carbocycles. The summed E-state index contributed by atoms with van der Waals surface area (Å²) >= 11 is 5.95. The molecule has 0 amide bonds. The van der Waals surface area contributed by atoms with Crippen molar-refractivity contribution in [1.29, 1.82) is 5.26 Å². The van der Waals surface area contributed by atoms with E-state index in [2.05, 4.69) is 0 Å². The fourth-order valence-electron chi connectivity index (χ4n) is 2.17. The SMILES string of the molecule is N#Cc1cc([N+](=O)[O-])c(N2CCCCC2)cc1Cl. The lowest BCUT2D eigenvalue weighted by atomic mass is 10.1. The van der Waals surface area contributed by atoms with E-state index in [0.717, 1.165) is 32.4 Å². The third kappa shape index (κ3) is 2.39. The summed E-state index contributed by atoms with van der Waals surface area (Å²) in [7, 11) is 0. The summed E-state index contributed by atoms with van der Waals surface area (Å²) < 4.78 is 0. The average Bonchev–Trinajstić information content (AvgIpc) is 2.39. The van der Waals surface area contributed by atoms with Crippen molar-refractivity contribution < 1.29 is 4.92 Å². The number of rotatable bonds is 2. The molecule has 0 atom stereocenters. The number of nitro groups is 1. The van der Waals surface area contributed by atoms with E-state index in [1.165, 1.54) is 12.1 Å². The molecule has 0 spiro atoms. The Kier molecular flexibility index (Phi) is 3.68. The van der Waals surface area contributed by atoms with Gasteiger partial charge in [-0.05, 0) is 25.3 Å². The Bertz CT molecular complexity index is 519. The number of nitrogens with zero attached hydrogens (tertiary/aromatic N) is 3. The van der Waals surface area contributed by atoms with Crippen LogP contribution in [0.2, 0.25) is 5.02 Å². The average molecular weight is 266 g/mol. The number of anilines is 1. The summed E-state index contributed by atoms with van der Waals surface area (Å²) in [5, 5.41) is 20.2. The van der Waals surface area contributed by atoms with E-state index < -0.39 is 4.92 Å². The number of nitro benzene ring substituents is 1. The van der Waals surface area contributed by atoms with Crippen molar-refractivity contribution in [2.75, 3.05) is 18.0 Å². The molecule has 0 bridgehead atoms. The van der Waals surface area contributed by atoms with Crippen molar-refractivity contribution in [2.45, 2.75) is 19.3 Å². The molecular formula is C12H12ClN3O2. The molecule has 94 valence electrons. The molecule has 0 N–H and O–H groups in total. The topological polar surface area (TPSA) is 70.2 Å². The van der Waals surface area contributed by atoms with Crippen molar-refractivity contribution in [1.82, 2.24) is 0 Å². The van der Waals surface area contributed by atoms with Crippen LogP contribution >= 0.6 is 11.6 Å². The molecule has 1 aromatic carbocycles. The summed E-state index contributed by atoms with van der Waals surface area (Å²) in [6.07, 6.45) is 3.19. The van der Waals surface area contributed by atoms with Gasteiger partial charge in [0, 0.05) is 19.2 Å². The molecular weight excluding hydrogens is 254 g/mol. The molecule has 0 unspecified atom stereocenters. The van der Waals surface area contributed by atoms with Gasteiger partial charge in [-0.1, -0.05) is 11.6 Å². The van der Waals surface area contributed by atoms with Crippen LogP contribution < -0.4 is 4.90 Å². The molecule has 18 heavy (non-hydrogen) atoms. The first kappa shape index (κ1) is 12.7. The van der Waals surface area contributed by atoms with Crippen molar-refractivity contribution in [3.05, 3.63) is 32.8 Å². The third-order valence-corrected chi connectivity index (χ3v) is 3.39. The first-order valence-corrected chi connectivity index (χ1v) is 6.14. The van der Waals surface area contributed by atoms with E-state index >= 15 is 0 Å². The maximum atomic E-state index is 11.1. The number of piperidine rings is 1. The minimum absolute atomic E-state index is 0.0437. The van der Waals surface area contributed by atoms with E-state index in [9.17, 15) is 10.1 Å². The standard InChI is InChI=1S/C12H12ClN3O2/c13-10-7-11(15-4-2-1-3-5-15)12(16(17)18)6-9(10)8-14/h6-7H,1-5H2. The van der Waals surface area contributed by atoms with E-state index in [1.54, 1.807) is 0 Å². The monoisotopic (exact) mass is 265 g/mol. The lowest BCUT2D eigenvalue weighted by Gasteiger charge is -2.28. The van der Waals surface area contributed by atoms with E-state index in [1.807, 2.05) is 11.0 Å². The van der Waals surface area contributed by atoms with Gasteiger partial charge in [-0.3, -0.25) is 10.1 Å². The van der Waals surface area contributed by atoms with Gasteiger partial charge in [-0.2, -0.15) is 5.26 Å². The summed E-state index contributed by atoms with van der Waals surface area (Å²) in [5.74, 6) is 0. The van der Waals surface area contributed by atoms with Gasteiger partial charge in [0.05, 0.1) is 15.5 Å². The molecule has 1 fully saturated rings. The highest BCUT2D eigenvalue weighted by Gasteiger charge is 2.23. The zero-order valence-electron chi connectivity index (χ0n) is 9.73. The fraction of sp³-hybridized carbons (Fsp3) is 0.417. The lowest BCUT2D eigenvalue weighted by Crippen LogP contribution is -2.30. The molecule has 1 aliphatic heterocycles. The number of halogens is 1. The maximum absolute atomic E-state index is 11.1. The molecule has 5 nitrogen and oxygen atoms in total. The largest absolute Gasteiger partial charge is 0.366 e. The van der Waals surface area contributed by atoms with E-state index in [0.29, 0.717) is 5.69 Å². The molecule has 2 rings (SSSR count). The highest BCUT2D eigenvalue weighted by molar-refractivity contribution is 6.32. The van der Waals surface area contributed by atoms with Gasteiger partial charge in [0.25, 0.3) is 5.69 Å². The Morgan fingerprint density at radius 3 is 2.56 bits per heavy atom. The van der Waals surface area contributed by atoms with Gasteiger partial charge in [0.2, 0.25) is 0 Å². The van der Waals surface area contributed by atoms with Crippen molar-refractivity contribution in [3.63, 3.8) is 0 Å². The predicted molar refractivity (Wildman–Crippen MR) is 68.9 cm³/mol. The minimum atomic E-state index is -0.457. The van der Waals surface area contributed by atoms with Crippen LogP contribution in [-0.4, -0.2) is 18.0 Å². The van der Waals surface area contributed by atoms with Crippen LogP contribution in [-0.2, 0) is 0 Å². The van der Waals surface area contributed by atoms with Crippen LogP contribution in [0.25, 0.3) is 0 Å². The zero-order valence-corrected chi connectivity index (χ0v) is 10.5. The third-order valence-electron chi connectivity index (χ3n) is 3.08. The molecule has 1 aliphatic rings. The summed E-state index contributed by atoms with van der Waals surface area (Å²) in [5.41, 5.74) is 0.616. The van der Waals surface area contributed by atoms with Gasteiger partial charge in [-0.25, -0.2) is 0 Å². The maximum Gasteiger partial charge on any atom is 0.293 e. The predicted octanol–water partition coefficient (Wildman–Crippen LogP) is 3.11. The van der Waals surface area contributed by atoms with Crippen molar-refractivity contribution in [2.24, 2.45) is 0 Å². The number of hydrogen-bond acceptors (Lipinski definition) is 4. The fourth-order valence-corrected chi connectivity index (χ4v) is 2.37. The van der Waals surface area contributed by atoms with Crippen LogP contribution in [0, 0.1) is 21.4 Å². The van der Waals surface area contributed by atoms with Gasteiger partial charge in [0.1, 0.15) is 11.8 Å². The van der Waals surface area contributed by atoms with Gasteiger partial charge in [0.15, 0.2) is 0 Å². The highest BCUT2D eigenvalue weighted by Crippen LogP contribution is 2.34. The van der Waals surface area contributed by atoms with E-state index in [4.69, 9.17) is 16.9 Å². The molecule has 0 aromatic heterocycles. The smallest absolute Gasteiger partial charge is 0.293 e. The molecule has 0 radical (unpaired) electrons. The van der Waals surface area contributed by atoms with Gasteiger partial charge in [-0.15, -0.1) is 0 Å². The second-order valence-electron chi connectivity index (χ2n) is 4.24. The molecule has 1 saturated heterocycles. The minimum Gasteiger partial charge on any atom is -0.366 e. The van der Waals surface area contributed by atoms with Gasteiger partial charge < -0.3 is 4.90 Å². The first-order valence-electron chi connectivity index (χ1n) is 5.76. The molecule has 1 aromatic rings. The van der Waals surface area contributed by atoms with Crippen molar-refractivity contribution >= 4 is 23.0 Å². The van der Waals surface area contributed by atoms with Crippen LogP contribution in [0.15, 0.2) is 12.1 Å². The lowest BCUT2D eigenvalue weighted by molar-refractivity contribution is -0.384. The second kappa shape index (κ2) is 5.23. The Morgan fingerprint density at radius 2 is 2.00 bits per heavy atom. The van der Waals surface area contributed by atoms with Gasteiger partial charge >= 0.3 is 0 Å². The normalized spacial score (nSPS) is 15.2. The summed E-state index contributed by atoms with van der Waals surface area (Å²) in [6.45, 7) is 1.59. The summed E-state index contributed by atoms with van der Waals surface area (Å²) in [6, 6.07) is 4.65. The number of nitriles is 1. The summed E-state index contributed by atoms with van der Waals surface area (Å²) in [4.78, 5) is 12.6. The number of benzene rings is 1. The van der Waals surface area contributed by atoms with Crippen LogP contribution in [0.4, 0.5) is 11.4 Å². The Morgan fingerprint density at radius 1 is 1.33 bits per heavy atom. The van der Waals surface area contributed by atoms with Crippen LogP contribution in [0.5, 0.6) is 0 Å². The zero-order chi connectivity index (χ0) is 13.1. The first-order chi connectivity index (χ1) is 8.63. The Balaban J connectivity index is 2.47. The van der Waals surface area contributed by atoms with Crippen LogP contribution in [0.3, 0.4) is 0 Å². The number of hydrogen-bond donors (Lipinski definition) is 0. The Labute approximate surface area is 110 Å². The van der Waals surface area contributed by atoms with Crippen molar-refractivity contribution in [3.8, 4) is 6.07 Å². The second-order valence-corrected chi connectivity index (χ2v) is 4.64. The van der Waals surface area contributed by atoms with Crippen LogP contribution in [0.1, 0.15) is 24.8 Å². The Hall–Kier alpha value is -1.80. The highest BCUT2D eigenvalue weighted by atomic mass is 35.5.